The number of aliphatic hydroxyl groups excluding tert-OH is 1. The van der Waals surface area contributed by atoms with E-state index in [0.29, 0.717) is 19.1 Å². The number of aliphatic hydroxyl groups is 1. The van der Waals surface area contributed by atoms with Crippen LogP contribution in [0.15, 0.2) is 35.9 Å². The van der Waals surface area contributed by atoms with Crippen LogP contribution in [0.25, 0.3) is 0 Å². The zero-order valence-corrected chi connectivity index (χ0v) is 16.0. The first-order chi connectivity index (χ1) is 11.9. The summed E-state index contributed by atoms with van der Waals surface area (Å²) in [4.78, 5) is 0. The fourth-order valence-electron chi connectivity index (χ4n) is 3.59. The molecule has 1 aromatic rings. The highest BCUT2D eigenvalue weighted by Gasteiger charge is 2.36. The summed E-state index contributed by atoms with van der Waals surface area (Å²) in [5.41, 5.74) is 2.26. The van der Waals surface area contributed by atoms with E-state index in [4.69, 9.17) is 14.2 Å². The lowest BCUT2D eigenvalue weighted by atomic mass is 9.89. The molecular formula is C21H32O4. The average Bonchev–Trinajstić information content (AvgIpc) is 2.96. The number of allylic oxidation sites excluding steroid dienone is 1. The van der Waals surface area contributed by atoms with E-state index in [0.717, 1.165) is 30.6 Å². The van der Waals surface area contributed by atoms with E-state index in [1.54, 1.807) is 7.11 Å². The molecule has 1 saturated heterocycles. The molecule has 2 rings (SSSR count). The van der Waals surface area contributed by atoms with E-state index in [-0.39, 0.29) is 18.3 Å². The maximum atomic E-state index is 9.24. The largest absolute Gasteiger partial charge is 0.497 e. The number of benzene rings is 1. The minimum Gasteiger partial charge on any atom is -0.497 e. The van der Waals surface area contributed by atoms with Crippen LogP contribution in [0, 0.1) is 5.92 Å². The Morgan fingerprint density at radius 3 is 2.72 bits per heavy atom. The van der Waals surface area contributed by atoms with E-state index in [9.17, 15) is 5.11 Å². The first-order valence-corrected chi connectivity index (χ1v) is 9.11. The van der Waals surface area contributed by atoms with E-state index in [2.05, 4.69) is 26.8 Å². The van der Waals surface area contributed by atoms with Crippen molar-refractivity contribution in [1.29, 1.82) is 0 Å². The van der Waals surface area contributed by atoms with Crippen molar-refractivity contribution >= 4 is 0 Å². The molecule has 1 aliphatic heterocycles. The van der Waals surface area contributed by atoms with E-state index in [1.165, 1.54) is 5.57 Å². The highest BCUT2D eigenvalue weighted by atomic mass is 16.5. The Balaban J connectivity index is 1.74. The van der Waals surface area contributed by atoms with Crippen LogP contribution >= 0.6 is 0 Å². The molecule has 0 amide bonds. The summed E-state index contributed by atoms with van der Waals surface area (Å²) in [5, 5.41) is 9.24. The summed E-state index contributed by atoms with van der Waals surface area (Å²) in [6.07, 6.45) is 5.22. The predicted molar refractivity (Wildman–Crippen MR) is 99.8 cm³/mol. The van der Waals surface area contributed by atoms with Crippen molar-refractivity contribution in [1.82, 2.24) is 0 Å². The standard InChI is InChI=1S/C21H32O4/c1-16(12-21(3)10-9-20(13-22)25-21)11-17(2)14-24-15-18-5-7-19(23-4)8-6-18/h5-8,11,16,20,22H,9-10,12-15H2,1-4H3/b17-11+/t16-,20+,21+/m0/s1. The van der Waals surface area contributed by atoms with Gasteiger partial charge >= 0.3 is 0 Å². The SMILES string of the molecule is COc1ccc(COC/C(C)=C/[C@H](C)C[C@@]2(C)CC[C@H](CO)O2)cc1. The molecular weight excluding hydrogens is 316 g/mol. The second-order valence-corrected chi connectivity index (χ2v) is 7.45. The minimum absolute atomic E-state index is 0.00936. The Morgan fingerprint density at radius 1 is 1.40 bits per heavy atom. The van der Waals surface area contributed by atoms with Crippen LogP contribution in [0.2, 0.25) is 0 Å². The third-order valence-corrected chi connectivity index (χ3v) is 4.73. The molecule has 0 aliphatic carbocycles. The summed E-state index contributed by atoms with van der Waals surface area (Å²) < 4.78 is 17.0. The van der Waals surface area contributed by atoms with Crippen LogP contribution in [0.5, 0.6) is 5.75 Å². The third-order valence-electron chi connectivity index (χ3n) is 4.73. The molecule has 1 N–H and O–H groups in total. The van der Waals surface area contributed by atoms with Crippen molar-refractivity contribution in [2.45, 2.75) is 58.3 Å². The van der Waals surface area contributed by atoms with Gasteiger partial charge in [-0.1, -0.05) is 30.7 Å². The highest BCUT2D eigenvalue weighted by molar-refractivity contribution is 5.26. The summed E-state index contributed by atoms with van der Waals surface area (Å²) >= 11 is 0. The molecule has 0 aromatic heterocycles. The van der Waals surface area contributed by atoms with Gasteiger partial charge in [0.1, 0.15) is 5.75 Å². The van der Waals surface area contributed by atoms with Gasteiger partial charge in [0.05, 0.1) is 38.6 Å². The van der Waals surface area contributed by atoms with Crippen LogP contribution in [0.4, 0.5) is 0 Å². The van der Waals surface area contributed by atoms with Crippen LogP contribution in [-0.2, 0) is 16.1 Å². The van der Waals surface area contributed by atoms with Crippen molar-refractivity contribution in [2.24, 2.45) is 5.92 Å². The monoisotopic (exact) mass is 348 g/mol. The fraction of sp³-hybridized carbons (Fsp3) is 0.619. The zero-order chi connectivity index (χ0) is 18.3. The number of rotatable bonds is 9. The summed E-state index contributed by atoms with van der Waals surface area (Å²) in [7, 11) is 1.67. The molecule has 140 valence electrons. The van der Waals surface area contributed by atoms with Gasteiger partial charge in [-0.3, -0.25) is 0 Å². The molecule has 0 saturated carbocycles. The third kappa shape index (κ3) is 6.46. The quantitative estimate of drug-likeness (QED) is 0.682. The molecule has 0 radical (unpaired) electrons. The Morgan fingerprint density at radius 2 is 2.12 bits per heavy atom. The molecule has 0 spiro atoms. The molecule has 0 unspecified atom stereocenters. The second-order valence-electron chi connectivity index (χ2n) is 7.45. The van der Waals surface area contributed by atoms with Crippen molar-refractivity contribution in [3.05, 3.63) is 41.5 Å². The van der Waals surface area contributed by atoms with Gasteiger partial charge in [-0.25, -0.2) is 0 Å². The highest BCUT2D eigenvalue weighted by Crippen LogP contribution is 2.35. The maximum Gasteiger partial charge on any atom is 0.118 e. The first-order valence-electron chi connectivity index (χ1n) is 9.11. The predicted octanol–water partition coefficient (Wildman–Crippen LogP) is 4.11. The number of methoxy groups -OCH3 is 1. The molecule has 1 heterocycles. The minimum atomic E-state index is -0.118. The van der Waals surface area contributed by atoms with Crippen LogP contribution in [-0.4, -0.2) is 37.1 Å². The van der Waals surface area contributed by atoms with Crippen molar-refractivity contribution in [2.75, 3.05) is 20.3 Å². The van der Waals surface area contributed by atoms with E-state index >= 15 is 0 Å². The maximum absolute atomic E-state index is 9.24. The van der Waals surface area contributed by atoms with Gasteiger partial charge in [0.2, 0.25) is 0 Å². The van der Waals surface area contributed by atoms with Crippen LogP contribution in [0.3, 0.4) is 0 Å². The molecule has 4 nitrogen and oxygen atoms in total. The smallest absolute Gasteiger partial charge is 0.118 e. The number of hydrogen-bond donors (Lipinski definition) is 1. The Labute approximate surface area is 151 Å². The lowest BCUT2D eigenvalue weighted by Crippen LogP contribution is -2.28. The fourth-order valence-corrected chi connectivity index (χ4v) is 3.59. The van der Waals surface area contributed by atoms with Gasteiger partial charge in [0.25, 0.3) is 0 Å². The van der Waals surface area contributed by atoms with Gasteiger partial charge in [0, 0.05) is 0 Å². The lowest BCUT2D eigenvalue weighted by Gasteiger charge is -2.27. The molecule has 1 aliphatic rings. The van der Waals surface area contributed by atoms with Gasteiger partial charge in [-0.2, -0.15) is 0 Å². The Hall–Kier alpha value is -1.36. The van der Waals surface area contributed by atoms with Gasteiger partial charge in [-0.05, 0) is 56.7 Å². The second kappa shape index (κ2) is 9.37. The average molecular weight is 348 g/mol. The topological polar surface area (TPSA) is 47.9 Å². The lowest BCUT2D eigenvalue weighted by molar-refractivity contribution is -0.0567. The molecule has 3 atom stereocenters. The van der Waals surface area contributed by atoms with Crippen LogP contribution in [0.1, 0.15) is 45.6 Å². The summed E-state index contributed by atoms with van der Waals surface area (Å²) in [5.74, 6) is 1.28. The molecule has 0 bridgehead atoms. The van der Waals surface area contributed by atoms with Crippen LogP contribution < -0.4 is 4.74 Å². The van der Waals surface area contributed by atoms with E-state index < -0.39 is 0 Å². The summed E-state index contributed by atoms with van der Waals surface area (Å²) in [6, 6.07) is 7.95. The van der Waals surface area contributed by atoms with Gasteiger partial charge in [-0.15, -0.1) is 0 Å². The zero-order valence-electron chi connectivity index (χ0n) is 16.0. The van der Waals surface area contributed by atoms with Crippen molar-refractivity contribution in [3.8, 4) is 5.75 Å². The molecule has 1 aromatic carbocycles. The van der Waals surface area contributed by atoms with E-state index in [1.807, 2.05) is 24.3 Å². The van der Waals surface area contributed by atoms with Crippen molar-refractivity contribution < 1.29 is 19.3 Å². The molecule has 4 heteroatoms. The van der Waals surface area contributed by atoms with Gasteiger partial charge < -0.3 is 19.3 Å². The number of ether oxygens (including phenoxy) is 3. The Bertz CT molecular complexity index is 552. The molecule has 25 heavy (non-hydrogen) atoms. The summed E-state index contributed by atoms with van der Waals surface area (Å²) in [6.45, 7) is 7.84. The first kappa shape index (κ1) is 20.0. The number of hydrogen-bond acceptors (Lipinski definition) is 4. The van der Waals surface area contributed by atoms with Crippen molar-refractivity contribution in [3.63, 3.8) is 0 Å². The Kier molecular flexibility index (Phi) is 7.48. The molecule has 1 fully saturated rings. The van der Waals surface area contributed by atoms with Gasteiger partial charge in [0.15, 0.2) is 0 Å². The normalized spacial score (nSPS) is 25.2.